The summed E-state index contributed by atoms with van der Waals surface area (Å²) in [4.78, 5) is 0. The molecule has 0 amide bonds. The Morgan fingerprint density at radius 2 is 2.46 bits per heavy atom. The lowest BCUT2D eigenvalue weighted by Crippen LogP contribution is -2.34. The van der Waals surface area contributed by atoms with Crippen LogP contribution in [0.25, 0.3) is 0 Å². The van der Waals surface area contributed by atoms with Crippen molar-refractivity contribution < 1.29 is 4.21 Å². The number of hydrogen-bond acceptors (Lipinski definition) is 3. The zero-order valence-corrected chi connectivity index (χ0v) is 9.88. The average molecular weight is 221 g/mol. The molecule has 1 rings (SSSR count). The van der Waals surface area contributed by atoms with E-state index < -0.39 is 10.8 Å². The van der Waals surface area contributed by atoms with E-state index in [2.05, 4.69) is 5.32 Å². The van der Waals surface area contributed by atoms with Crippen LogP contribution in [0.1, 0.15) is 19.3 Å². The molecule has 2 unspecified atom stereocenters. The molecule has 0 spiro atoms. The first kappa shape index (κ1) is 11.5. The summed E-state index contributed by atoms with van der Waals surface area (Å²) in [7, 11) is -0.617. The van der Waals surface area contributed by atoms with E-state index in [1.807, 2.05) is 11.8 Å². The molecule has 0 saturated carbocycles. The van der Waals surface area contributed by atoms with Crippen LogP contribution in [0.15, 0.2) is 0 Å². The Bertz CT molecular complexity index is 158. The molecule has 0 aromatic rings. The lowest BCUT2D eigenvalue weighted by atomic mass is 10.2. The van der Waals surface area contributed by atoms with Gasteiger partial charge in [-0.15, -0.1) is 0 Å². The Morgan fingerprint density at radius 3 is 3.08 bits per heavy atom. The normalized spacial score (nSPS) is 25.8. The summed E-state index contributed by atoms with van der Waals surface area (Å²) in [5.74, 6) is 3.43. The maximum absolute atomic E-state index is 10.8. The van der Waals surface area contributed by atoms with Gasteiger partial charge in [-0.2, -0.15) is 11.8 Å². The van der Waals surface area contributed by atoms with Crippen LogP contribution < -0.4 is 5.32 Å². The third-order valence-electron chi connectivity index (χ3n) is 2.20. The number of hydrogen-bond donors (Lipinski definition) is 1. The molecule has 1 aliphatic rings. The molecule has 4 heteroatoms. The van der Waals surface area contributed by atoms with Crippen molar-refractivity contribution in [3.8, 4) is 0 Å². The number of nitrogens with one attached hydrogen (secondary N) is 1. The quantitative estimate of drug-likeness (QED) is 0.708. The van der Waals surface area contributed by atoms with Crippen molar-refractivity contribution >= 4 is 22.6 Å². The van der Waals surface area contributed by atoms with Gasteiger partial charge in [0.15, 0.2) is 0 Å². The van der Waals surface area contributed by atoms with Crippen molar-refractivity contribution in [1.29, 1.82) is 0 Å². The zero-order chi connectivity index (χ0) is 9.52. The van der Waals surface area contributed by atoms with Gasteiger partial charge in [0.05, 0.1) is 0 Å². The summed E-state index contributed by atoms with van der Waals surface area (Å²) in [5, 5.41) is 3.52. The number of thioether (sulfide) groups is 1. The Morgan fingerprint density at radius 1 is 1.62 bits per heavy atom. The number of rotatable bonds is 5. The molecule has 0 radical (unpaired) electrons. The Labute approximate surface area is 87.7 Å². The van der Waals surface area contributed by atoms with Crippen molar-refractivity contribution in [3.05, 3.63) is 0 Å². The predicted octanol–water partition coefficient (Wildman–Crippen LogP) is 1.24. The fraction of sp³-hybridized carbons (Fsp3) is 1.00. The summed E-state index contributed by atoms with van der Waals surface area (Å²) in [6, 6.07) is 0.712. The largest absolute Gasteiger partial charge is 0.313 e. The van der Waals surface area contributed by atoms with Crippen molar-refractivity contribution in [3.63, 3.8) is 0 Å². The zero-order valence-electron chi connectivity index (χ0n) is 8.25. The van der Waals surface area contributed by atoms with E-state index in [1.165, 1.54) is 24.3 Å². The van der Waals surface area contributed by atoms with E-state index in [4.69, 9.17) is 0 Å². The van der Waals surface area contributed by atoms with Crippen molar-refractivity contribution in [1.82, 2.24) is 5.32 Å². The van der Waals surface area contributed by atoms with E-state index >= 15 is 0 Å². The predicted molar refractivity (Wildman–Crippen MR) is 61.9 cm³/mol. The second-order valence-corrected chi connectivity index (χ2v) is 6.20. The fourth-order valence-electron chi connectivity index (χ4n) is 1.48. The van der Waals surface area contributed by atoms with Gasteiger partial charge in [-0.1, -0.05) is 0 Å². The maximum Gasteiger partial charge on any atom is 0.0244 e. The lowest BCUT2D eigenvalue weighted by molar-refractivity contribution is 0.508. The van der Waals surface area contributed by atoms with E-state index in [-0.39, 0.29) is 0 Å². The highest BCUT2D eigenvalue weighted by Gasteiger charge is 2.11. The molecule has 13 heavy (non-hydrogen) atoms. The average Bonchev–Trinajstić information content (AvgIpc) is 2.14. The van der Waals surface area contributed by atoms with Crippen LogP contribution in [0, 0.1) is 0 Å². The van der Waals surface area contributed by atoms with Crippen LogP contribution in [0.3, 0.4) is 0 Å². The second-order valence-electron chi connectivity index (χ2n) is 3.50. The van der Waals surface area contributed by atoms with Gasteiger partial charge in [-0.3, -0.25) is 4.21 Å². The molecule has 78 valence electrons. The first-order chi connectivity index (χ1) is 6.29. The molecule has 1 heterocycles. The van der Waals surface area contributed by atoms with Crippen LogP contribution in [0.2, 0.25) is 0 Å². The smallest absolute Gasteiger partial charge is 0.0244 e. The highest BCUT2D eigenvalue weighted by Crippen LogP contribution is 2.16. The standard InChI is InChI=1S/C9H19NOS2/c1-13(11)7-3-5-10-9-4-2-6-12-8-9/h9-10H,2-8H2,1H3. The van der Waals surface area contributed by atoms with Crippen LogP contribution >= 0.6 is 11.8 Å². The highest BCUT2D eigenvalue weighted by atomic mass is 32.2. The lowest BCUT2D eigenvalue weighted by Gasteiger charge is -2.22. The minimum Gasteiger partial charge on any atom is -0.313 e. The third kappa shape index (κ3) is 5.70. The Kier molecular flexibility index (Phi) is 6.07. The minimum atomic E-state index is -0.617. The van der Waals surface area contributed by atoms with Crippen molar-refractivity contribution in [2.24, 2.45) is 0 Å². The summed E-state index contributed by atoms with van der Waals surface area (Å²) in [6.07, 6.45) is 5.49. The molecule has 0 bridgehead atoms. The molecule has 0 aromatic carbocycles. The first-order valence-electron chi connectivity index (χ1n) is 4.90. The molecule has 1 aliphatic heterocycles. The molecular formula is C9H19NOS2. The van der Waals surface area contributed by atoms with Gasteiger partial charge in [0, 0.05) is 34.6 Å². The molecule has 0 aliphatic carbocycles. The maximum atomic E-state index is 10.8. The van der Waals surface area contributed by atoms with E-state index in [1.54, 1.807) is 6.26 Å². The van der Waals surface area contributed by atoms with Crippen LogP contribution in [-0.2, 0) is 10.8 Å². The molecule has 2 atom stereocenters. The highest BCUT2D eigenvalue weighted by molar-refractivity contribution is 7.99. The minimum absolute atomic E-state index is 0.617. The van der Waals surface area contributed by atoms with Crippen LogP contribution in [-0.4, -0.2) is 40.3 Å². The topological polar surface area (TPSA) is 29.1 Å². The van der Waals surface area contributed by atoms with E-state index in [9.17, 15) is 4.21 Å². The second kappa shape index (κ2) is 6.85. The third-order valence-corrected chi connectivity index (χ3v) is 4.28. The molecule has 2 nitrogen and oxygen atoms in total. The summed E-state index contributed by atoms with van der Waals surface area (Å²) >= 11 is 2.04. The van der Waals surface area contributed by atoms with Gasteiger partial charge in [-0.05, 0) is 31.6 Å². The van der Waals surface area contributed by atoms with Gasteiger partial charge in [0.2, 0.25) is 0 Å². The summed E-state index contributed by atoms with van der Waals surface area (Å²) < 4.78 is 10.8. The Balaban J connectivity index is 1.95. The summed E-state index contributed by atoms with van der Waals surface area (Å²) in [5.41, 5.74) is 0. The van der Waals surface area contributed by atoms with Crippen molar-refractivity contribution in [2.45, 2.75) is 25.3 Å². The Hall–Kier alpha value is 0.460. The monoisotopic (exact) mass is 221 g/mol. The molecule has 1 fully saturated rings. The fourth-order valence-corrected chi connectivity index (χ4v) is 3.14. The first-order valence-corrected chi connectivity index (χ1v) is 7.78. The van der Waals surface area contributed by atoms with E-state index in [0.29, 0.717) is 6.04 Å². The SMILES string of the molecule is CS(=O)CCCNC1CCCSC1. The molecule has 0 aromatic heterocycles. The van der Waals surface area contributed by atoms with Crippen LogP contribution in [0.4, 0.5) is 0 Å². The molecule has 1 N–H and O–H groups in total. The summed E-state index contributed by atoms with van der Waals surface area (Å²) in [6.45, 7) is 1.03. The molecular weight excluding hydrogens is 202 g/mol. The van der Waals surface area contributed by atoms with Crippen LogP contribution in [0.5, 0.6) is 0 Å². The van der Waals surface area contributed by atoms with Gasteiger partial charge < -0.3 is 5.32 Å². The van der Waals surface area contributed by atoms with Gasteiger partial charge in [0.25, 0.3) is 0 Å². The van der Waals surface area contributed by atoms with E-state index in [0.717, 1.165) is 18.7 Å². The van der Waals surface area contributed by atoms with Gasteiger partial charge in [-0.25, -0.2) is 0 Å². The van der Waals surface area contributed by atoms with Crippen molar-refractivity contribution in [2.75, 3.05) is 30.1 Å². The molecule has 1 saturated heterocycles. The van der Waals surface area contributed by atoms with Gasteiger partial charge >= 0.3 is 0 Å². The van der Waals surface area contributed by atoms with Gasteiger partial charge in [0.1, 0.15) is 0 Å².